The molecule has 7 heteroatoms. The minimum absolute atomic E-state index is 0.0896. The number of nitrogens with two attached hydrogens (primary N) is 1. The second kappa shape index (κ2) is 10.2. The Kier molecular flexibility index (Phi) is 9.48. The predicted octanol–water partition coefficient (Wildman–Crippen LogP) is 0.238. The predicted molar refractivity (Wildman–Crippen MR) is 90.6 cm³/mol. The van der Waals surface area contributed by atoms with E-state index >= 15 is 0 Å². The largest absolute Gasteiger partial charge is 0.368 e. The van der Waals surface area contributed by atoms with Gasteiger partial charge in [-0.15, -0.1) is 0 Å². The minimum atomic E-state index is -0.711. The number of nitrogens with one attached hydrogen (secondary N) is 2. The molecule has 3 unspecified atom stereocenters. The molecule has 1 aliphatic heterocycles. The molecule has 0 aromatic rings. The maximum atomic E-state index is 12.4. The van der Waals surface area contributed by atoms with Gasteiger partial charge in [0, 0.05) is 6.54 Å². The zero-order chi connectivity index (χ0) is 18.2. The molecule has 4 N–H and O–H groups in total. The summed E-state index contributed by atoms with van der Waals surface area (Å²) in [6.07, 6.45) is 1.39. The monoisotopic (exact) mass is 328 g/mol. The van der Waals surface area contributed by atoms with Crippen LogP contribution in [0.1, 0.15) is 47.5 Å². The molecule has 1 fully saturated rings. The van der Waals surface area contributed by atoms with Crippen molar-refractivity contribution in [1.29, 1.82) is 0 Å². The van der Waals surface area contributed by atoms with Gasteiger partial charge in [0.2, 0.25) is 17.7 Å². The van der Waals surface area contributed by atoms with E-state index in [1.807, 2.05) is 27.7 Å². The fourth-order valence-corrected chi connectivity index (χ4v) is 2.49. The number of carbonyl (C=O) groups is 3. The Bertz CT molecular complexity index is 412. The van der Waals surface area contributed by atoms with Crippen molar-refractivity contribution in [2.45, 2.75) is 65.6 Å². The molecule has 1 heterocycles. The summed E-state index contributed by atoms with van der Waals surface area (Å²) >= 11 is 0. The van der Waals surface area contributed by atoms with Crippen molar-refractivity contribution < 1.29 is 14.4 Å². The van der Waals surface area contributed by atoms with Crippen molar-refractivity contribution in [2.24, 2.45) is 11.7 Å². The van der Waals surface area contributed by atoms with Crippen LogP contribution < -0.4 is 16.4 Å². The molecule has 23 heavy (non-hydrogen) atoms. The summed E-state index contributed by atoms with van der Waals surface area (Å²) in [7, 11) is 1.70. The fraction of sp³-hybridized carbons (Fsp3) is 0.812. The van der Waals surface area contributed by atoms with Gasteiger partial charge in [-0.3, -0.25) is 14.4 Å². The van der Waals surface area contributed by atoms with Gasteiger partial charge in [0.15, 0.2) is 0 Å². The Balaban J connectivity index is 0.00000232. The summed E-state index contributed by atoms with van der Waals surface area (Å²) in [5.41, 5.74) is 5.30. The molecule has 3 amide bonds. The average molecular weight is 328 g/mol. The van der Waals surface area contributed by atoms with E-state index in [9.17, 15) is 14.4 Å². The maximum absolute atomic E-state index is 12.4. The molecule has 0 aliphatic carbocycles. The molecular weight excluding hydrogens is 296 g/mol. The standard InChI is InChI=1S/C14H26N4O3.C2H6/c1-8(2)11(12(15)19)17-13(20)10-6-5-7-18(10)14(21)9(3)16-4;1-2/h8-11,16H,5-7H2,1-4H3,(H2,15,19)(H,17,20);1-2H3. The zero-order valence-electron chi connectivity index (χ0n) is 15.2. The second-order valence-electron chi connectivity index (χ2n) is 5.83. The molecular formula is C16H32N4O3. The summed E-state index contributed by atoms with van der Waals surface area (Å²) in [5.74, 6) is -1.05. The van der Waals surface area contributed by atoms with E-state index in [-0.39, 0.29) is 23.8 Å². The molecule has 0 aromatic carbocycles. The number of rotatable bonds is 6. The highest BCUT2D eigenvalue weighted by atomic mass is 16.2. The molecule has 1 saturated heterocycles. The van der Waals surface area contributed by atoms with E-state index in [1.165, 1.54) is 0 Å². The Labute approximate surface area is 139 Å². The Hall–Kier alpha value is -1.63. The van der Waals surface area contributed by atoms with Crippen LogP contribution in [-0.2, 0) is 14.4 Å². The lowest BCUT2D eigenvalue weighted by Gasteiger charge is -2.28. The van der Waals surface area contributed by atoms with E-state index in [1.54, 1.807) is 18.9 Å². The van der Waals surface area contributed by atoms with Crippen LogP contribution in [0.15, 0.2) is 0 Å². The summed E-state index contributed by atoms with van der Waals surface area (Å²) in [6.45, 7) is 9.95. The van der Waals surface area contributed by atoms with Gasteiger partial charge in [-0.1, -0.05) is 27.7 Å². The highest BCUT2D eigenvalue weighted by Crippen LogP contribution is 2.19. The molecule has 0 aromatic heterocycles. The number of carbonyl (C=O) groups excluding carboxylic acids is 3. The van der Waals surface area contributed by atoms with Crippen LogP contribution in [0.2, 0.25) is 0 Å². The first-order valence-corrected chi connectivity index (χ1v) is 8.37. The molecule has 0 saturated carbocycles. The van der Waals surface area contributed by atoms with Crippen LogP contribution in [0.5, 0.6) is 0 Å². The maximum Gasteiger partial charge on any atom is 0.243 e. The molecule has 0 radical (unpaired) electrons. The molecule has 134 valence electrons. The van der Waals surface area contributed by atoms with Gasteiger partial charge in [0.05, 0.1) is 6.04 Å². The van der Waals surface area contributed by atoms with Gasteiger partial charge < -0.3 is 21.3 Å². The third-order valence-electron chi connectivity index (χ3n) is 3.91. The number of primary amides is 1. The molecule has 0 spiro atoms. The lowest BCUT2D eigenvalue weighted by Crippen LogP contribution is -2.55. The lowest BCUT2D eigenvalue weighted by molar-refractivity contribution is -0.140. The SMILES string of the molecule is CC.CNC(C)C(=O)N1CCCC1C(=O)NC(C(N)=O)C(C)C. The van der Waals surface area contributed by atoms with Crippen molar-refractivity contribution in [3.63, 3.8) is 0 Å². The number of likely N-dealkylation sites (tertiary alicyclic amines) is 1. The van der Waals surface area contributed by atoms with Gasteiger partial charge in [-0.05, 0) is 32.7 Å². The number of nitrogens with zero attached hydrogens (tertiary/aromatic N) is 1. The van der Waals surface area contributed by atoms with Crippen molar-refractivity contribution in [3.8, 4) is 0 Å². The van der Waals surface area contributed by atoms with Gasteiger partial charge >= 0.3 is 0 Å². The molecule has 0 bridgehead atoms. The van der Waals surface area contributed by atoms with E-state index in [0.29, 0.717) is 13.0 Å². The highest BCUT2D eigenvalue weighted by molar-refractivity contribution is 5.93. The Morgan fingerprint density at radius 2 is 1.74 bits per heavy atom. The Morgan fingerprint density at radius 1 is 1.17 bits per heavy atom. The normalized spacial score (nSPS) is 19.6. The number of likely N-dealkylation sites (N-methyl/N-ethyl adjacent to an activating group) is 1. The van der Waals surface area contributed by atoms with Crippen LogP contribution in [-0.4, -0.2) is 54.3 Å². The van der Waals surface area contributed by atoms with Gasteiger partial charge in [-0.2, -0.15) is 0 Å². The quantitative estimate of drug-likeness (QED) is 0.649. The van der Waals surface area contributed by atoms with Crippen molar-refractivity contribution in [2.75, 3.05) is 13.6 Å². The molecule has 7 nitrogen and oxygen atoms in total. The second-order valence-corrected chi connectivity index (χ2v) is 5.83. The first-order chi connectivity index (χ1) is 10.8. The van der Waals surface area contributed by atoms with Gasteiger partial charge in [0.1, 0.15) is 12.1 Å². The average Bonchev–Trinajstić information content (AvgIpc) is 3.01. The van der Waals surface area contributed by atoms with Gasteiger partial charge in [0.25, 0.3) is 0 Å². The fourth-order valence-electron chi connectivity index (χ4n) is 2.49. The van der Waals surface area contributed by atoms with E-state index in [2.05, 4.69) is 10.6 Å². The van der Waals surface area contributed by atoms with E-state index in [0.717, 1.165) is 6.42 Å². The number of hydrogen-bond donors (Lipinski definition) is 3. The van der Waals surface area contributed by atoms with Crippen LogP contribution in [0, 0.1) is 5.92 Å². The van der Waals surface area contributed by atoms with Crippen LogP contribution in [0.3, 0.4) is 0 Å². The molecule has 1 aliphatic rings. The van der Waals surface area contributed by atoms with Gasteiger partial charge in [-0.25, -0.2) is 0 Å². The topological polar surface area (TPSA) is 105 Å². The lowest BCUT2D eigenvalue weighted by atomic mass is 10.0. The zero-order valence-corrected chi connectivity index (χ0v) is 15.2. The minimum Gasteiger partial charge on any atom is -0.368 e. The summed E-state index contributed by atoms with van der Waals surface area (Å²) in [6, 6.07) is -1.57. The highest BCUT2D eigenvalue weighted by Gasteiger charge is 2.37. The van der Waals surface area contributed by atoms with Crippen LogP contribution in [0.25, 0.3) is 0 Å². The molecule has 3 atom stereocenters. The smallest absolute Gasteiger partial charge is 0.243 e. The Morgan fingerprint density at radius 3 is 2.17 bits per heavy atom. The first kappa shape index (κ1) is 21.4. The first-order valence-electron chi connectivity index (χ1n) is 8.37. The van der Waals surface area contributed by atoms with Crippen molar-refractivity contribution >= 4 is 17.7 Å². The van der Waals surface area contributed by atoms with E-state index < -0.39 is 18.0 Å². The third kappa shape index (κ3) is 5.82. The summed E-state index contributed by atoms with van der Waals surface area (Å²) in [5, 5.41) is 5.55. The number of amides is 3. The molecule has 1 rings (SSSR count). The summed E-state index contributed by atoms with van der Waals surface area (Å²) in [4.78, 5) is 37.6. The van der Waals surface area contributed by atoms with E-state index in [4.69, 9.17) is 5.73 Å². The third-order valence-corrected chi connectivity index (χ3v) is 3.91. The van der Waals surface area contributed by atoms with Crippen molar-refractivity contribution in [3.05, 3.63) is 0 Å². The summed E-state index contributed by atoms with van der Waals surface area (Å²) < 4.78 is 0. The number of hydrogen-bond acceptors (Lipinski definition) is 4. The van der Waals surface area contributed by atoms with Crippen LogP contribution >= 0.6 is 0 Å². The van der Waals surface area contributed by atoms with Crippen molar-refractivity contribution in [1.82, 2.24) is 15.5 Å². The van der Waals surface area contributed by atoms with Crippen LogP contribution in [0.4, 0.5) is 0 Å².